The number of ether oxygens (including phenoxy) is 2. The maximum absolute atomic E-state index is 13.7. The summed E-state index contributed by atoms with van der Waals surface area (Å²) in [6.45, 7) is 12.0. The zero-order valence-corrected chi connectivity index (χ0v) is 36.5. The average Bonchev–Trinajstić information content (AvgIpc) is 3.54. The lowest BCUT2D eigenvalue weighted by atomic mass is 9.59. The molecule has 1 saturated carbocycles. The van der Waals surface area contributed by atoms with Gasteiger partial charge in [-0.3, -0.25) is 9.88 Å². The zero-order chi connectivity index (χ0) is 40.8. The Hall–Kier alpha value is -3.91. The second-order valence-corrected chi connectivity index (χ2v) is 18.9. The summed E-state index contributed by atoms with van der Waals surface area (Å²) >= 11 is 6.41. The highest BCUT2D eigenvalue weighted by atomic mass is 35.5. The molecule has 3 aliphatic carbocycles. The molecule has 1 spiro atoms. The first-order chi connectivity index (χ1) is 28.7. The van der Waals surface area contributed by atoms with Gasteiger partial charge in [0.2, 0.25) is 0 Å². The highest BCUT2D eigenvalue weighted by Crippen LogP contribution is 2.56. The van der Waals surface area contributed by atoms with Gasteiger partial charge >= 0.3 is 5.97 Å². The van der Waals surface area contributed by atoms with Gasteiger partial charge in [-0.05, 0) is 153 Å². The number of halogens is 1. The first-order valence-electron chi connectivity index (χ1n) is 22.6. The predicted octanol–water partition coefficient (Wildman–Crippen LogP) is 10.4. The van der Waals surface area contributed by atoms with Gasteiger partial charge in [-0.2, -0.15) is 0 Å². The van der Waals surface area contributed by atoms with Gasteiger partial charge in [-0.15, -0.1) is 0 Å². The van der Waals surface area contributed by atoms with Crippen molar-refractivity contribution in [3.8, 4) is 5.75 Å². The van der Waals surface area contributed by atoms with Gasteiger partial charge in [0.25, 0.3) is 0 Å². The van der Waals surface area contributed by atoms with Crippen LogP contribution in [0.1, 0.15) is 111 Å². The van der Waals surface area contributed by atoms with Gasteiger partial charge in [-0.25, -0.2) is 4.79 Å². The standard InChI is InChI=1S/C51H65ClN4O3/c1-37(36-59-47-20-25-53-46-17-9-11-38(2)48(46)47)31-42-33-41-19-18-40(35-56-29-27-55(28-30-56)26-8-7-14-39-12-5-4-6-13-39)32-45(41)50(42)21-23-51(24-22-50,49(57)58-3)54-44-16-10-15-43(52)34-44/h4-6,10,12-13,15-16,18-20,25,32,34,37-38,42,54H,7-9,11,14,17,21-24,26-31,33,35-36H2,1-3H3/t37-,38-,42+,50?,51?/m1/s1. The molecule has 314 valence electrons. The number of rotatable bonds is 15. The van der Waals surface area contributed by atoms with Crippen molar-refractivity contribution in [1.82, 2.24) is 14.8 Å². The SMILES string of the molecule is COC(=O)C1(Nc2cccc(Cl)c2)CCC2(CC1)c1cc(CN3CCN(CCCCc4ccccc4)CC3)ccc1C[C@@H]2C[C@@H](C)COc1ccnc2c1[C@H](C)CCC2. The molecular formula is C51H65ClN4O3. The third-order valence-electron chi connectivity index (χ3n) is 14.4. The number of esters is 1. The van der Waals surface area contributed by atoms with E-state index in [4.69, 9.17) is 26.1 Å². The number of hydrogen-bond donors (Lipinski definition) is 1. The van der Waals surface area contributed by atoms with E-state index in [1.807, 2.05) is 30.5 Å². The smallest absolute Gasteiger partial charge is 0.331 e. The number of benzene rings is 3. The number of unbranched alkanes of at least 4 members (excludes halogenated alkanes) is 1. The molecule has 1 saturated heterocycles. The maximum atomic E-state index is 13.7. The molecule has 1 N–H and O–H groups in total. The van der Waals surface area contributed by atoms with E-state index in [0.29, 0.717) is 42.2 Å². The van der Waals surface area contributed by atoms with Crippen LogP contribution in [0.15, 0.2) is 85.1 Å². The van der Waals surface area contributed by atoms with Gasteiger partial charge in [0.05, 0.1) is 13.7 Å². The number of nitrogens with zero attached hydrogens (tertiary/aromatic N) is 3. The number of carbonyl (C=O) groups is 1. The number of fused-ring (bicyclic) bond motifs is 3. The monoisotopic (exact) mass is 816 g/mol. The highest BCUT2D eigenvalue weighted by molar-refractivity contribution is 6.30. The normalized spacial score (nSPS) is 24.9. The minimum absolute atomic E-state index is 0.0179. The van der Waals surface area contributed by atoms with Crippen LogP contribution in [0.3, 0.4) is 0 Å². The molecule has 3 atom stereocenters. The lowest BCUT2D eigenvalue weighted by Crippen LogP contribution is -2.53. The quantitative estimate of drug-likeness (QED) is 0.0947. The Morgan fingerprint density at radius 2 is 1.73 bits per heavy atom. The largest absolute Gasteiger partial charge is 0.493 e. The van der Waals surface area contributed by atoms with Crippen LogP contribution in [-0.4, -0.2) is 72.7 Å². The molecular weight excluding hydrogens is 752 g/mol. The summed E-state index contributed by atoms with van der Waals surface area (Å²) in [7, 11) is 1.52. The number of aryl methyl sites for hydroxylation is 2. The van der Waals surface area contributed by atoms with Crippen molar-refractivity contribution < 1.29 is 14.3 Å². The first-order valence-corrected chi connectivity index (χ1v) is 22.9. The van der Waals surface area contributed by atoms with Crippen LogP contribution in [0.2, 0.25) is 5.02 Å². The summed E-state index contributed by atoms with van der Waals surface area (Å²) in [5.41, 5.74) is 8.43. The minimum Gasteiger partial charge on any atom is -0.493 e. The molecule has 1 aromatic heterocycles. The van der Waals surface area contributed by atoms with Crippen LogP contribution < -0.4 is 10.1 Å². The molecule has 0 bridgehead atoms. The molecule has 2 heterocycles. The van der Waals surface area contributed by atoms with E-state index in [1.165, 1.54) is 79.3 Å². The lowest BCUT2D eigenvalue weighted by Gasteiger charge is -2.48. The molecule has 59 heavy (non-hydrogen) atoms. The van der Waals surface area contributed by atoms with Crippen LogP contribution in [0.5, 0.6) is 5.75 Å². The number of piperazine rings is 1. The zero-order valence-electron chi connectivity index (χ0n) is 35.7. The van der Waals surface area contributed by atoms with Crippen molar-refractivity contribution in [2.45, 2.75) is 114 Å². The molecule has 2 fully saturated rings. The second kappa shape index (κ2) is 18.8. The number of aromatic nitrogens is 1. The van der Waals surface area contributed by atoms with Crippen LogP contribution >= 0.6 is 11.6 Å². The highest BCUT2D eigenvalue weighted by Gasteiger charge is 2.54. The van der Waals surface area contributed by atoms with Crippen LogP contribution in [0, 0.1) is 11.8 Å². The summed E-state index contributed by atoms with van der Waals surface area (Å²) in [5, 5.41) is 4.29. The molecule has 3 aromatic carbocycles. The summed E-state index contributed by atoms with van der Waals surface area (Å²) < 4.78 is 12.2. The van der Waals surface area contributed by atoms with Crippen LogP contribution in [-0.2, 0) is 40.8 Å². The Bertz CT molecular complexity index is 2020. The molecule has 4 aliphatic rings. The van der Waals surface area contributed by atoms with Gasteiger partial charge < -0.3 is 19.7 Å². The molecule has 0 radical (unpaired) electrons. The topological polar surface area (TPSA) is 66.9 Å². The number of methoxy groups -OCH3 is 1. The maximum Gasteiger partial charge on any atom is 0.331 e. The number of nitrogens with one attached hydrogen (secondary N) is 1. The summed E-state index contributed by atoms with van der Waals surface area (Å²) in [4.78, 5) is 23.7. The van der Waals surface area contributed by atoms with E-state index in [2.05, 4.69) is 83.6 Å². The molecule has 7 nitrogen and oxygen atoms in total. The fourth-order valence-electron chi connectivity index (χ4n) is 11.2. The van der Waals surface area contributed by atoms with Crippen molar-refractivity contribution in [3.63, 3.8) is 0 Å². The molecule has 0 unspecified atom stereocenters. The Kier molecular flexibility index (Phi) is 13.3. The van der Waals surface area contributed by atoms with Crippen molar-refractivity contribution in [2.24, 2.45) is 11.8 Å². The van der Waals surface area contributed by atoms with Crippen LogP contribution in [0.4, 0.5) is 5.69 Å². The predicted molar refractivity (Wildman–Crippen MR) is 240 cm³/mol. The van der Waals surface area contributed by atoms with Crippen molar-refractivity contribution in [2.75, 3.05) is 51.8 Å². The van der Waals surface area contributed by atoms with E-state index in [0.717, 1.165) is 76.3 Å². The Balaban J connectivity index is 0.962. The summed E-state index contributed by atoms with van der Waals surface area (Å²) in [5.74, 6) is 2.16. The Morgan fingerprint density at radius 1 is 0.932 bits per heavy atom. The number of anilines is 1. The molecule has 0 amide bonds. The average molecular weight is 818 g/mol. The second-order valence-electron chi connectivity index (χ2n) is 18.4. The van der Waals surface area contributed by atoms with E-state index in [1.54, 1.807) is 0 Å². The summed E-state index contributed by atoms with van der Waals surface area (Å²) in [6, 6.07) is 28.1. The Labute approximate surface area is 358 Å². The van der Waals surface area contributed by atoms with Gasteiger partial charge in [-0.1, -0.05) is 80.0 Å². The number of carbonyl (C=O) groups excluding carboxylic acids is 1. The first kappa shape index (κ1) is 41.8. The third kappa shape index (κ3) is 9.53. The molecule has 8 rings (SSSR count). The molecule has 4 aromatic rings. The number of pyridine rings is 1. The minimum atomic E-state index is -0.803. The molecule has 8 heteroatoms. The van der Waals surface area contributed by atoms with Crippen molar-refractivity contribution in [1.29, 1.82) is 0 Å². The van der Waals surface area contributed by atoms with E-state index in [-0.39, 0.29) is 11.4 Å². The summed E-state index contributed by atoms with van der Waals surface area (Å²) in [6.07, 6.45) is 14.4. The number of hydrogen-bond acceptors (Lipinski definition) is 7. The van der Waals surface area contributed by atoms with Crippen molar-refractivity contribution >= 4 is 23.3 Å². The van der Waals surface area contributed by atoms with Crippen LogP contribution in [0.25, 0.3) is 0 Å². The van der Waals surface area contributed by atoms with E-state index in [9.17, 15) is 4.79 Å². The van der Waals surface area contributed by atoms with Gasteiger partial charge in [0, 0.05) is 60.9 Å². The van der Waals surface area contributed by atoms with Gasteiger partial charge in [0.1, 0.15) is 11.3 Å². The van der Waals surface area contributed by atoms with Crippen molar-refractivity contribution in [3.05, 3.63) is 124 Å². The Morgan fingerprint density at radius 3 is 2.51 bits per heavy atom. The van der Waals surface area contributed by atoms with E-state index >= 15 is 0 Å². The van der Waals surface area contributed by atoms with E-state index < -0.39 is 5.54 Å². The van der Waals surface area contributed by atoms with Gasteiger partial charge in [0.15, 0.2) is 0 Å². The lowest BCUT2D eigenvalue weighted by molar-refractivity contribution is -0.148. The fraction of sp³-hybridized carbons (Fsp3) is 0.529. The molecule has 1 aliphatic heterocycles. The third-order valence-corrected chi connectivity index (χ3v) is 14.7. The fourth-order valence-corrected chi connectivity index (χ4v) is 11.4.